The lowest BCUT2D eigenvalue weighted by Crippen LogP contribution is -2.39. The van der Waals surface area contributed by atoms with Crippen molar-refractivity contribution in [3.8, 4) is 0 Å². The topological polar surface area (TPSA) is 49.0 Å². The number of H-pyrrole nitrogens is 1. The number of nitrogens with one attached hydrogen (secondary N) is 1. The zero-order chi connectivity index (χ0) is 15.2. The van der Waals surface area contributed by atoms with Crippen molar-refractivity contribution in [1.82, 2.24) is 15.1 Å². The second-order valence-electron chi connectivity index (χ2n) is 5.99. The van der Waals surface area contributed by atoms with E-state index in [0.29, 0.717) is 11.8 Å². The van der Waals surface area contributed by atoms with E-state index in [9.17, 15) is 4.79 Å². The zero-order valence-electron chi connectivity index (χ0n) is 13.2. The number of hydrogen-bond acceptors (Lipinski definition) is 2. The lowest BCUT2D eigenvalue weighted by Gasteiger charge is -2.32. The van der Waals surface area contributed by atoms with E-state index in [1.807, 2.05) is 42.4 Å². The van der Waals surface area contributed by atoms with Gasteiger partial charge in [-0.05, 0) is 31.2 Å². The summed E-state index contributed by atoms with van der Waals surface area (Å²) in [7, 11) is 0. The summed E-state index contributed by atoms with van der Waals surface area (Å²) in [6.07, 6.45) is 11.9. The van der Waals surface area contributed by atoms with Crippen molar-refractivity contribution in [2.24, 2.45) is 5.92 Å². The first kappa shape index (κ1) is 15.5. The molecule has 1 aromatic heterocycles. The van der Waals surface area contributed by atoms with Crippen molar-refractivity contribution < 1.29 is 4.79 Å². The minimum absolute atomic E-state index is 0.148. The van der Waals surface area contributed by atoms with E-state index in [-0.39, 0.29) is 5.91 Å². The molecule has 21 heavy (non-hydrogen) atoms. The number of likely N-dealkylation sites (tertiary alicyclic amines) is 1. The third-order valence-electron chi connectivity index (χ3n) is 3.81. The van der Waals surface area contributed by atoms with Gasteiger partial charge in [-0.25, -0.2) is 0 Å². The highest BCUT2D eigenvalue weighted by atomic mass is 16.2. The summed E-state index contributed by atoms with van der Waals surface area (Å²) in [6.45, 7) is 7.78. The molecule has 2 rings (SSSR count). The number of carbonyl (C=O) groups is 1. The normalized spacial score (nSPS) is 20.5. The van der Waals surface area contributed by atoms with Crippen LogP contribution in [0.2, 0.25) is 0 Å². The Labute approximate surface area is 126 Å². The maximum atomic E-state index is 12.7. The van der Waals surface area contributed by atoms with Crippen molar-refractivity contribution in [2.75, 3.05) is 13.1 Å². The fourth-order valence-corrected chi connectivity index (χ4v) is 2.84. The molecule has 0 radical (unpaired) electrons. The molecule has 4 heteroatoms. The van der Waals surface area contributed by atoms with Gasteiger partial charge < -0.3 is 4.90 Å². The number of carbonyl (C=O) groups excluding carboxylic acids is 1. The highest BCUT2D eigenvalue weighted by Gasteiger charge is 2.26. The molecule has 0 aliphatic carbocycles. The maximum absolute atomic E-state index is 12.7. The SMILES string of the molecule is C/C=C\C(=C/C(C)C)C(=O)N1CCC[C@@H](c2cn[nH]c2)C1. The van der Waals surface area contributed by atoms with Gasteiger partial charge in [0.15, 0.2) is 0 Å². The van der Waals surface area contributed by atoms with Gasteiger partial charge in [-0.2, -0.15) is 5.10 Å². The van der Waals surface area contributed by atoms with Gasteiger partial charge in [0, 0.05) is 30.8 Å². The number of aromatic amines is 1. The number of nitrogens with zero attached hydrogens (tertiary/aromatic N) is 2. The summed E-state index contributed by atoms with van der Waals surface area (Å²) in [6, 6.07) is 0. The number of amides is 1. The Balaban J connectivity index is 2.11. The van der Waals surface area contributed by atoms with Crippen molar-refractivity contribution in [2.45, 2.75) is 39.5 Å². The molecule has 4 nitrogen and oxygen atoms in total. The quantitative estimate of drug-likeness (QED) is 0.682. The fourth-order valence-electron chi connectivity index (χ4n) is 2.84. The van der Waals surface area contributed by atoms with Gasteiger partial charge in [0.05, 0.1) is 6.20 Å². The van der Waals surface area contributed by atoms with E-state index >= 15 is 0 Å². The highest BCUT2D eigenvalue weighted by Crippen LogP contribution is 2.27. The minimum Gasteiger partial charge on any atom is -0.338 e. The molecule has 1 aliphatic rings. The van der Waals surface area contributed by atoms with Crippen LogP contribution >= 0.6 is 0 Å². The van der Waals surface area contributed by atoms with Crippen molar-refractivity contribution in [3.05, 3.63) is 41.8 Å². The van der Waals surface area contributed by atoms with Crippen LogP contribution in [-0.2, 0) is 4.79 Å². The van der Waals surface area contributed by atoms with Gasteiger partial charge in [-0.1, -0.05) is 32.1 Å². The van der Waals surface area contributed by atoms with Gasteiger partial charge in [-0.3, -0.25) is 9.89 Å². The van der Waals surface area contributed by atoms with E-state index in [1.54, 1.807) is 0 Å². The Kier molecular flexibility index (Phi) is 5.37. The molecule has 0 spiro atoms. The third-order valence-corrected chi connectivity index (χ3v) is 3.81. The molecule has 1 N–H and O–H groups in total. The molecule has 1 atom stereocenters. The number of allylic oxidation sites excluding steroid dienone is 2. The summed E-state index contributed by atoms with van der Waals surface area (Å²) in [5.41, 5.74) is 2.01. The molecule has 1 aromatic rings. The van der Waals surface area contributed by atoms with E-state index < -0.39 is 0 Å². The summed E-state index contributed by atoms with van der Waals surface area (Å²) >= 11 is 0. The molecule has 2 heterocycles. The first-order chi connectivity index (χ1) is 10.1. The fraction of sp³-hybridized carbons (Fsp3) is 0.529. The second-order valence-corrected chi connectivity index (χ2v) is 5.99. The van der Waals surface area contributed by atoms with Crippen molar-refractivity contribution in [1.29, 1.82) is 0 Å². The Morgan fingerprint density at radius 1 is 1.52 bits per heavy atom. The van der Waals surface area contributed by atoms with Gasteiger partial charge in [0.1, 0.15) is 0 Å². The lowest BCUT2D eigenvalue weighted by molar-refractivity contribution is -0.128. The molecule has 1 amide bonds. The standard InChI is InChI=1S/C17H25N3O/c1-4-6-14(9-13(2)3)17(21)20-8-5-7-15(12-20)16-10-18-19-11-16/h4,6,9-11,13,15H,5,7-8,12H2,1-3H3,(H,18,19)/b6-4-,14-9+/t15-/m1/s1. The smallest absolute Gasteiger partial charge is 0.253 e. The van der Waals surface area contributed by atoms with Crippen LogP contribution < -0.4 is 0 Å². The Hall–Kier alpha value is -1.84. The van der Waals surface area contributed by atoms with Crippen LogP contribution in [-0.4, -0.2) is 34.1 Å². The maximum Gasteiger partial charge on any atom is 0.253 e. The molecular formula is C17H25N3O. The van der Waals surface area contributed by atoms with E-state index in [0.717, 1.165) is 31.5 Å². The van der Waals surface area contributed by atoms with Crippen LogP contribution in [0.4, 0.5) is 0 Å². The molecular weight excluding hydrogens is 262 g/mol. The van der Waals surface area contributed by atoms with Gasteiger partial charge >= 0.3 is 0 Å². The molecule has 1 saturated heterocycles. The largest absolute Gasteiger partial charge is 0.338 e. The van der Waals surface area contributed by atoms with E-state index in [1.165, 1.54) is 5.56 Å². The number of hydrogen-bond donors (Lipinski definition) is 1. The summed E-state index contributed by atoms with van der Waals surface area (Å²) in [4.78, 5) is 14.7. The zero-order valence-corrected chi connectivity index (χ0v) is 13.2. The first-order valence-electron chi connectivity index (χ1n) is 7.74. The summed E-state index contributed by atoms with van der Waals surface area (Å²) < 4.78 is 0. The van der Waals surface area contributed by atoms with E-state index in [4.69, 9.17) is 0 Å². The van der Waals surface area contributed by atoms with Crippen molar-refractivity contribution >= 4 is 5.91 Å². The summed E-state index contributed by atoms with van der Waals surface area (Å²) in [5.74, 6) is 0.914. The Bertz CT molecular complexity index is 514. The average Bonchev–Trinajstić information content (AvgIpc) is 3.00. The van der Waals surface area contributed by atoms with E-state index in [2.05, 4.69) is 24.0 Å². The molecule has 0 unspecified atom stereocenters. The van der Waals surface area contributed by atoms with Crippen LogP contribution in [0.3, 0.4) is 0 Å². The summed E-state index contributed by atoms with van der Waals surface area (Å²) in [5, 5.41) is 6.88. The molecule has 1 fully saturated rings. The highest BCUT2D eigenvalue weighted by molar-refractivity contribution is 5.96. The van der Waals surface area contributed by atoms with Crippen molar-refractivity contribution in [3.63, 3.8) is 0 Å². The average molecular weight is 287 g/mol. The molecule has 114 valence electrons. The second kappa shape index (κ2) is 7.25. The number of rotatable bonds is 4. The van der Waals surface area contributed by atoms with Gasteiger partial charge in [-0.15, -0.1) is 0 Å². The van der Waals surface area contributed by atoms with Crippen LogP contribution in [0.25, 0.3) is 0 Å². The van der Waals surface area contributed by atoms with Gasteiger partial charge in [0.2, 0.25) is 0 Å². The molecule has 0 bridgehead atoms. The van der Waals surface area contributed by atoms with Crippen LogP contribution in [0.15, 0.2) is 36.2 Å². The van der Waals surface area contributed by atoms with Gasteiger partial charge in [0.25, 0.3) is 5.91 Å². The monoisotopic (exact) mass is 287 g/mol. The van der Waals surface area contributed by atoms with Crippen LogP contribution in [0, 0.1) is 5.92 Å². The molecule has 0 aromatic carbocycles. The first-order valence-corrected chi connectivity index (χ1v) is 7.74. The number of piperidine rings is 1. The molecule has 0 saturated carbocycles. The number of aromatic nitrogens is 2. The predicted octanol–water partition coefficient (Wildman–Crippen LogP) is 3.27. The Morgan fingerprint density at radius 2 is 2.33 bits per heavy atom. The molecule has 1 aliphatic heterocycles. The van der Waals surface area contributed by atoms with Crippen LogP contribution in [0.5, 0.6) is 0 Å². The van der Waals surface area contributed by atoms with Crippen LogP contribution in [0.1, 0.15) is 45.1 Å². The Morgan fingerprint density at radius 3 is 2.95 bits per heavy atom. The third kappa shape index (κ3) is 4.06. The lowest BCUT2D eigenvalue weighted by atomic mass is 9.92. The predicted molar refractivity (Wildman–Crippen MR) is 84.9 cm³/mol. The minimum atomic E-state index is 0.148.